The van der Waals surface area contributed by atoms with Crippen LogP contribution in [0.2, 0.25) is 0 Å². The third-order valence-corrected chi connectivity index (χ3v) is 1.69. The molecule has 0 aliphatic heterocycles. The van der Waals surface area contributed by atoms with Gasteiger partial charge in [-0.15, -0.1) is 0 Å². The van der Waals surface area contributed by atoms with Crippen LogP contribution in [-0.4, -0.2) is 15.8 Å². The first-order valence-electron chi connectivity index (χ1n) is 4.47. The van der Waals surface area contributed by atoms with E-state index < -0.39 is 5.60 Å². The number of rotatable bonds is 1. The van der Waals surface area contributed by atoms with Gasteiger partial charge in [0.1, 0.15) is 5.60 Å². The molecule has 0 heterocycles. The second-order valence-corrected chi connectivity index (χ2v) is 3.62. The van der Waals surface area contributed by atoms with Gasteiger partial charge in [0.25, 0.3) is 0 Å². The van der Waals surface area contributed by atoms with Crippen molar-refractivity contribution in [3.05, 3.63) is 35.4 Å². The standard InChI is InChI=1S/C12H14O2/c1-12(2,14)8-7-10-5-3-4-6-11(10)9-13/h3-6,13-14H,9H2,1-2H3. The van der Waals surface area contributed by atoms with Gasteiger partial charge in [0.15, 0.2) is 0 Å². The van der Waals surface area contributed by atoms with Crippen LogP contribution in [0, 0.1) is 11.8 Å². The first-order chi connectivity index (χ1) is 6.53. The minimum absolute atomic E-state index is 0.0310. The summed E-state index contributed by atoms with van der Waals surface area (Å²) >= 11 is 0. The van der Waals surface area contributed by atoms with Crippen molar-refractivity contribution < 1.29 is 10.2 Å². The average Bonchev–Trinajstić information content (AvgIpc) is 2.14. The Labute approximate surface area is 84.2 Å². The highest BCUT2D eigenvalue weighted by molar-refractivity contribution is 5.41. The van der Waals surface area contributed by atoms with E-state index in [1.54, 1.807) is 13.8 Å². The molecule has 0 bridgehead atoms. The third-order valence-electron chi connectivity index (χ3n) is 1.69. The van der Waals surface area contributed by atoms with E-state index in [4.69, 9.17) is 5.11 Å². The highest BCUT2D eigenvalue weighted by Crippen LogP contribution is 2.07. The van der Waals surface area contributed by atoms with Gasteiger partial charge in [-0.05, 0) is 25.5 Å². The molecule has 14 heavy (non-hydrogen) atoms. The molecule has 1 rings (SSSR count). The summed E-state index contributed by atoms with van der Waals surface area (Å²) in [6, 6.07) is 7.34. The van der Waals surface area contributed by atoms with E-state index in [1.807, 2.05) is 24.3 Å². The summed E-state index contributed by atoms with van der Waals surface area (Å²) in [4.78, 5) is 0. The molecule has 0 saturated carbocycles. The number of hydrogen-bond donors (Lipinski definition) is 2. The summed E-state index contributed by atoms with van der Waals surface area (Å²) in [7, 11) is 0. The van der Waals surface area contributed by atoms with E-state index in [9.17, 15) is 5.11 Å². The Balaban J connectivity index is 3.00. The Morgan fingerprint density at radius 1 is 1.29 bits per heavy atom. The predicted octanol–water partition coefficient (Wildman–Crippen LogP) is 1.30. The predicted molar refractivity (Wildman–Crippen MR) is 55.5 cm³/mol. The Hall–Kier alpha value is -1.30. The maximum Gasteiger partial charge on any atom is 0.120 e. The summed E-state index contributed by atoms with van der Waals surface area (Å²) in [6.07, 6.45) is 0. The van der Waals surface area contributed by atoms with Crippen LogP contribution in [0.1, 0.15) is 25.0 Å². The highest BCUT2D eigenvalue weighted by Gasteiger charge is 2.06. The molecule has 0 aliphatic rings. The van der Waals surface area contributed by atoms with Crippen LogP contribution in [-0.2, 0) is 6.61 Å². The van der Waals surface area contributed by atoms with E-state index >= 15 is 0 Å². The van der Waals surface area contributed by atoms with Crippen molar-refractivity contribution in [3.63, 3.8) is 0 Å². The molecule has 2 nitrogen and oxygen atoms in total. The molecule has 0 fully saturated rings. The van der Waals surface area contributed by atoms with Gasteiger partial charge in [-0.3, -0.25) is 0 Å². The summed E-state index contributed by atoms with van der Waals surface area (Å²) in [6.45, 7) is 3.22. The molecule has 74 valence electrons. The molecule has 2 heteroatoms. The lowest BCUT2D eigenvalue weighted by atomic mass is 10.1. The van der Waals surface area contributed by atoms with Crippen LogP contribution in [0.15, 0.2) is 24.3 Å². The topological polar surface area (TPSA) is 40.5 Å². The van der Waals surface area contributed by atoms with Gasteiger partial charge in [-0.1, -0.05) is 30.0 Å². The fourth-order valence-corrected chi connectivity index (χ4v) is 1.00. The van der Waals surface area contributed by atoms with Crippen LogP contribution in [0.5, 0.6) is 0 Å². The van der Waals surface area contributed by atoms with Crippen molar-refractivity contribution in [2.24, 2.45) is 0 Å². The normalized spacial score (nSPS) is 10.6. The van der Waals surface area contributed by atoms with Crippen LogP contribution >= 0.6 is 0 Å². The molecule has 0 unspecified atom stereocenters. The zero-order valence-corrected chi connectivity index (χ0v) is 8.41. The Morgan fingerprint density at radius 3 is 2.50 bits per heavy atom. The van der Waals surface area contributed by atoms with Gasteiger partial charge in [0, 0.05) is 5.56 Å². The van der Waals surface area contributed by atoms with Crippen molar-refractivity contribution >= 4 is 0 Å². The number of hydrogen-bond acceptors (Lipinski definition) is 2. The summed E-state index contributed by atoms with van der Waals surface area (Å²) < 4.78 is 0. The molecule has 0 aromatic heterocycles. The summed E-state index contributed by atoms with van der Waals surface area (Å²) in [5.74, 6) is 5.55. The zero-order valence-electron chi connectivity index (χ0n) is 8.41. The number of benzene rings is 1. The van der Waals surface area contributed by atoms with Gasteiger partial charge >= 0.3 is 0 Å². The average molecular weight is 190 g/mol. The fraction of sp³-hybridized carbons (Fsp3) is 0.333. The van der Waals surface area contributed by atoms with E-state index in [1.165, 1.54) is 0 Å². The Morgan fingerprint density at radius 2 is 1.93 bits per heavy atom. The van der Waals surface area contributed by atoms with Crippen molar-refractivity contribution in [1.29, 1.82) is 0 Å². The second-order valence-electron chi connectivity index (χ2n) is 3.62. The molecule has 2 N–H and O–H groups in total. The van der Waals surface area contributed by atoms with Gasteiger partial charge in [-0.25, -0.2) is 0 Å². The van der Waals surface area contributed by atoms with Crippen molar-refractivity contribution in [3.8, 4) is 11.8 Å². The van der Waals surface area contributed by atoms with Crippen LogP contribution in [0.3, 0.4) is 0 Å². The third kappa shape index (κ3) is 3.21. The maximum atomic E-state index is 9.41. The van der Waals surface area contributed by atoms with Crippen LogP contribution in [0.25, 0.3) is 0 Å². The number of aliphatic hydroxyl groups excluding tert-OH is 1. The smallest absolute Gasteiger partial charge is 0.120 e. The first-order valence-corrected chi connectivity index (χ1v) is 4.47. The van der Waals surface area contributed by atoms with E-state index in [-0.39, 0.29) is 6.61 Å². The maximum absolute atomic E-state index is 9.41. The Bertz CT molecular complexity index is 364. The molecule has 1 aromatic rings. The highest BCUT2D eigenvalue weighted by atomic mass is 16.3. The second kappa shape index (κ2) is 4.28. The van der Waals surface area contributed by atoms with E-state index in [0.717, 1.165) is 11.1 Å². The molecule has 0 spiro atoms. The molecule has 1 aromatic carbocycles. The monoisotopic (exact) mass is 190 g/mol. The SMILES string of the molecule is CC(C)(O)C#Cc1ccccc1CO. The van der Waals surface area contributed by atoms with Crippen molar-refractivity contribution in [2.75, 3.05) is 0 Å². The zero-order chi connectivity index (χ0) is 10.6. The quantitative estimate of drug-likeness (QED) is 0.655. The molecular weight excluding hydrogens is 176 g/mol. The lowest BCUT2D eigenvalue weighted by molar-refractivity contribution is 0.143. The summed E-state index contributed by atoms with van der Waals surface area (Å²) in [5.41, 5.74) is 0.545. The van der Waals surface area contributed by atoms with Crippen molar-refractivity contribution in [1.82, 2.24) is 0 Å². The molecule has 0 radical (unpaired) electrons. The van der Waals surface area contributed by atoms with Gasteiger partial charge < -0.3 is 10.2 Å². The fourth-order valence-electron chi connectivity index (χ4n) is 1.00. The minimum atomic E-state index is -0.997. The molecular formula is C12H14O2. The molecule has 0 amide bonds. The minimum Gasteiger partial charge on any atom is -0.392 e. The molecule has 0 saturated heterocycles. The Kier molecular flexibility index (Phi) is 3.29. The lowest BCUT2D eigenvalue weighted by Crippen LogP contribution is -2.14. The van der Waals surface area contributed by atoms with Gasteiger partial charge in [0.2, 0.25) is 0 Å². The lowest BCUT2D eigenvalue weighted by Gasteiger charge is -2.06. The summed E-state index contributed by atoms with van der Waals surface area (Å²) in [5, 5.41) is 18.4. The number of aliphatic hydroxyl groups is 2. The molecule has 0 atom stereocenters. The van der Waals surface area contributed by atoms with E-state index in [2.05, 4.69) is 11.8 Å². The first kappa shape index (κ1) is 10.8. The van der Waals surface area contributed by atoms with Crippen molar-refractivity contribution in [2.45, 2.75) is 26.1 Å². The van der Waals surface area contributed by atoms with Crippen LogP contribution < -0.4 is 0 Å². The van der Waals surface area contributed by atoms with E-state index in [0.29, 0.717) is 0 Å². The van der Waals surface area contributed by atoms with Crippen LogP contribution in [0.4, 0.5) is 0 Å². The largest absolute Gasteiger partial charge is 0.392 e. The molecule has 0 aliphatic carbocycles. The van der Waals surface area contributed by atoms with Gasteiger partial charge in [0.05, 0.1) is 6.61 Å². The van der Waals surface area contributed by atoms with Gasteiger partial charge in [-0.2, -0.15) is 0 Å².